The zero-order chi connectivity index (χ0) is 48.5. The molecule has 11 rings (SSSR count). The molecule has 7 aromatic rings. The van der Waals surface area contributed by atoms with E-state index in [2.05, 4.69) is 24.8 Å². The Morgan fingerprint density at radius 1 is 0.667 bits per heavy atom. The number of aromatic nitrogens is 6. The minimum atomic E-state index is -3.06. The molecule has 20 heteroatoms. The van der Waals surface area contributed by atoms with Crippen molar-refractivity contribution in [1.82, 2.24) is 34.7 Å². The van der Waals surface area contributed by atoms with Crippen LogP contribution in [-0.2, 0) is 29.3 Å². The number of nitrogens with one attached hydrogen (secondary N) is 1. The number of benzene rings is 3. The first-order valence-corrected chi connectivity index (χ1v) is 27.3. The third-order valence-electron chi connectivity index (χ3n) is 14.0. The summed E-state index contributed by atoms with van der Waals surface area (Å²) in [7, 11) is -4.46. The second-order valence-corrected chi connectivity index (χ2v) is 23.6. The van der Waals surface area contributed by atoms with Crippen molar-refractivity contribution < 1.29 is 40.2 Å². The van der Waals surface area contributed by atoms with Crippen molar-refractivity contribution in [2.75, 3.05) is 35.0 Å². The molecule has 1 N–H and O–H groups in total. The van der Waals surface area contributed by atoms with Gasteiger partial charge in [0.1, 0.15) is 48.6 Å². The van der Waals surface area contributed by atoms with Gasteiger partial charge in [0.05, 0.1) is 75.7 Å². The summed E-state index contributed by atoms with van der Waals surface area (Å²) in [4.78, 5) is 36.9. The van der Waals surface area contributed by atoms with Crippen LogP contribution < -0.4 is 15.0 Å². The molecule has 0 unspecified atom stereocenters. The van der Waals surface area contributed by atoms with Crippen molar-refractivity contribution in [3.05, 3.63) is 94.2 Å². The van der Waals surface area contributed by atoms with Gasteiger partial charge in [-0.15, -0.1) is 0 Å². The van der Waals surface area contributed by atoms with Crippen LogP contribution in [-0.4, -0.2) is 88.2 Å². The largest absolute Gasteiger partial charge is 0.497 e. The first-order chi connectivity index (χ1) is 33.0. The van der Waals surface area contributed by atoms with Crippen molar-refractivity contribution in [3.63, 3.8) is 0 Å². The van der Waals surface area contributed by atoms with E-state index in [4.69, 9.17) is 35.4 Å². The topological polar surface area (TPSA) is 215 Å². The SMILES string of the molecule is COc1cc(Cl)cc(N2C(=O)CC[C@H]2c2nc3cc(-c4c(C)noc4C)ccc3n2C2CCS(=O)(=O)CC2)c1.Cc1noc(C)c1-c1ccc2c(c1)nc([C@@H]1CCC(=O)N1)n2C1CCS(=O)(=O)CC1. The predicted molar refractivity (Wildman–Crippen MR) is 261 cm³/mol. The van der Waals surface area contributed by atoms with Crippen LogP contribution in [0.4, 0.5) is 5.69 Å². The summed E-state index contributed by atoms with van der Waals surface area (Å²) in [5.41, 5.74) is 9.57. The Kier molecular flexibility index (Phi) is 12.2. The van der Waals surface area contributed by atoms with E-state index in [-0.39, 0.29) is 59.0 Å². The second kappa shape index (κ2) is 18.0. The highest BCUT2D eigenvalue weighted by Gasteiger charge is 2.39. The molecule has 8 heterocycles. The first kappa shape index (κ1) is 46.7. The summed E-state index contributed by atoms with van der Waals surface area (Å²) in [5.74, 6) is 4.25. The Bertz CT molecular complexity index is 3340. The van der Waals surface area contributed by atoms with Gasteiger partial charge in [-0.3, -0.25) is 9.59 Å². The molecule has 3 aromatic carbocycles. The number of hydrogen-bond acceptors (Lipinski definition) is 13. The van der Waals surface area contributed by atoms with Gasteiger partial charge in [0.15, 0.2) is 0 Å². The molecule has 4 fully saturated rings. The molecule has 4 saturated heterocycles. The number of imidazole rings is 2. The number of hydrogen-bond donors (Lipinski definition) is 1. The maximum atomic E-state index is 13.3. The number of nitrogens with zero attached hydrogens (tertiary/aromatic N) is 7. The average Bonchev–Trinajstić information content (AvgIpc) is 4.18. The maximum Gasteiger partial charge on any atom is 0.227 e. The van der Waals surface area contributed by atoms with Crippen molar-refractivity contribution in [1.29, 1.82) is 0 Å². The van der Waals surface area contributed by atoms with E-state index >= 15 is 0 Å². The molecule has 362 valence electrons. The van der Waals surface area contributed by atoms with E-state index in [1.807, 2.05) is 64.1 Å². The third-order valence-corrected chi connectivity index (χ3v) is 17.7. The van der Waals surface area contributed by atoms with Gasteiger partial charge in [0, 0.05) is 52.8 Å². The van der Waals surface area contributed by atoms with E-state index in [9.17, 15) is 26.4 Å². The smallest absolute Gasteiger partial charge is 0.227 e. The Balaban J connectivity index is 0.000000166. The highest BCUT2D eigenvalue weighted by atomic mass is 35.5. The van der Waals surface area contributed by atoms with Crippen LogP contribution in [0.3, 0.4) is 0 Å². The van der Waals surface area contributed by atoms with Gasteiger partial charge in [-0.05, 0) is 114 Å². The molecule has 0 radical (unpaired) electrons. The second-order valence-electron chi connectivity index (χ2n) is 18.6. The lowest BCUT2D eigenvalue weighted by atomic mass is 10.0. The number of sulfone groups is 2. The summed E-state index contributed by atoms with van der Waals surface area (Å²) in [6.07, 6.45) is 4.25. The van der Waals surface area contributed by atoms with Crippen LogP contribution >= 0.6 is 11.6 Å². The standard InChI is InChI=1S/C28H29ClN4O5S.C21H24N4O4S/c1-16-27(17(2)38-31-16)18-4-5-24-23(12-18)30-28(33(24)20-8-10-39(35,36)11-9-20)25-6-7-26(34)32(25)21-13-19(29)14-22(15-21)37-3;1-12-20(13(2)29-24-12)14-3-5-18-17(11-14)23-21(16-4-6-19(26)22-16)25(18)15-7-9-30(27,28)10-8-15/h4-5,12-15,20,25H,6-11H2,1-3H3;3,5,11,15-16H,4,6-10H2,1-2H3,(H,22,26)/t25-;16-/m00/s1. The Hall–Kier alpha value is -6.05. The van der Waals surface area contributed by atoms with Crippen LogP contribution in [0.5, 0.6) is 5.75 Å². The van der Waals surface area contributed by atoms with Crippen molar-refractivity contribution in [2.24, 2.45) is 0 Å². The van der Waals surface area contributed by atoms with Crippen LogP contribution in [0.15, 0.2) is 63.6 Å². The number of fused-ring (bicyclic) bond motifs is 2. The number of rotatable bonds is 8. The molecule has 4 aliphatic rings. The summed E-state index contributed by atoms with van der Waals surface area (Å²) in [6.45, 7) is 7.59. The molecule has 4 aliphatic heterocycles. The molecule has 0 saturated carbocycles. The molecular weight excluding hydrogens is 944 g/mol. The molecule has 4 aromatic heterocycles. The number of anilines is 1. The Morgan fingerprint density at radius 2 is 1.19 bits per heavy atom. The lowest BCUT2D eigenvalue weighted by Gasteiger charge is -2.30. The van der Waals surface area contributed by atoms with Gasteiger partial charge in [-0.2, -0.15) is 0 Å². The lowest BCUT2D eigenvalue weighted by molar-refractivity contribution is -0.119. The van der Waals surface area contributed by atoms with Crippen LogP contribution in [0.1, 0.15) is 110 Å². The monoisotopic (exact) mass is 996 g/mol. The van der Waals surface area contributed by atoms with Crippen molar-refractivity contribution >= 4 is 70.8 Å². The molecule has 2 atom stereocenters. The molecular formula is C49H53ClN8O9S2. The lowest BCUT2D eigenvalue weighted by Crippen LogP contribution is -2.32. The summed E-state index contributed by atoms with van der Waals surface area (Å²) in [6, 6.07) is 16.9. The molecule has 0 aliphatic carbocycles. The van der Waals surface area contributed by atoms with Gasteiger partial charge in [0.2, 0.25) is 11.8 Å². The molecule has 0 spiro atoms. The molecule has 0 bridgehead atoms. The maximum absolute atomic E-state index is 13.3. The van der Waals surface area contributed by atoms with Gasteiger partial charge < -0.3 is 33.1 Å². The fraction of sp³-hybridized carbons (Fsp3) is 0.429. The van der Waals surface area contributed by atoms with Crippen molar-refractivity contribution in [3.8, 4) is 28.0 Å². The normalized spacial score (nSPS) is 20.7. The van der Waals surface area contributed by atoms with Gasteiger partial charge in [0.25, 0.3) is 0 Å². The molecule has 69 heavy (non-hydrogen) atoms. The zero-order valence-corrected chi connectivity index (χ0v) is 41.4. The van der Waals surface area contributed by atoms with Crippen LogP contribution in [0, 0.1) is 27.7 Å². The summed E-state index contributed by atoms with van der Waals surface area (Å²) >= 11 is 6.38. The van der Waals surface area contributed by atoms with E-state index in [0.29, 0.717) is 67.8 Å². The number of ether oxygens (including phenoxy) is 1. The van der Waals surface area contributed by atoms with E-state index in [1.54, 1.807) is 30.2 Å². The summed E-state index contributed by atoms with van der Waals surface area (Å²) in [5, 5.41) is 11.6. The van der Waals surface area contributed by atoms with Crippen molar-refractivity contribution in [2.45, 2.75) is 103 Å². The quantitative estimate of drug-likeness (QED) is 0.151. The van der Waals surface area contributed by atoms with Crippen LogP contribution in [0.25, 0.3) is 44.3 Å². The first-order valence-electron chi connectivity index (χ1n) is 23.2. The number of carbonyl (C=O) groups is 2. The fourth-order valence-electron chi connectivity index (χ4n) is 10.7. The van der Waals surface area contributed by atoms with E-state index in [0.717, 1.165) is 78.9 Å². The number of carbonyl (C=O) groups excluding carboxylic acids is 2. The van der Waals surface area contributed by atoms with Gasteiger partial charge in [-0.1, -0.05) is 34.0 Å². The zero-order valence-electron chi connectivity index (χ0n) is 39.0. The number of methoxy groups -OCH3 is 1. The highest BCUT2D eigenvalue weighted by Crippen LogP contribution is 2.43. The summed E-state index contributed by atoms with van der Waals surface area (Å²) < 4.78 is 68.9. The molecule has 17 nitrogen and oxygen atoms in total. The fourth-order valence-corrected chi connectivity index (χ4v) is 13.9. The third kappa shape index (κ3) is 8.92. The Morgan fingerprint density at radius 3 is 1.67 bits per heavy atom. The van der Waals surface area contributed by atoms with Gasteiger partial charge in [-0.25, -0.2) is 26.8 Å². The van der Waals surface area contributed by atoms with E-state index < -0.39 is 19.7 Å². The highest BCUT2D eigenvalue weighted by molar-refractivity contribution is 7.91. The van der Waals surface area contributed by atoms with Crippen LogP contribution in [0.2, 0.25) is 5.02 Å². The molecule has 2 amide bonds. The van der Waals surface area contributed by atoms with E-state index in [1.165, 1.54) is 0 Å². The average molecular weight is 998 g/mol. The predicted octanol–water partition coefficient (Wildman–Crippen LogP) is 8.60. The minimum absolute atomic E-state index is 0.0226. The Labute approximate surface area is 404 Å². The minimum Gasteiger partial charge on any atom is -0.497 e. The number of halogens is 1. The number of amides is 2. The number of aryl methyl sites for hydroxylation is 4. The van der Waals surface area contributed by atoms with Gasteiger partial charge >= 0.3 is 0 Å².